The number of nitrogens with one attached hydrogen (secondary N) is 3. The van der Waals surface area contributed by atoms with Crippen LogP contribution in [-0.2, 0) is 4.79 Å². The van der Waals surface area contributed by atoms with Crippen LogP contribution in [0.3, 0.4) is 0 Å². The van der Waals surface area contributed by atoms with Crippen LogP contribution in [0.2, 0.25) is 0 Å². The Labute approximate surface area is 167 Å². The van der Waals surface area contributed by atoms with Crippen LogP contribution < -0.4 is 24.8 Å². The molecule has 3 heterocycles. The van der Waals surface area contributed by atoms with E-state index in [9.17, 15) is 4.79 Å². The fraction of sp³-hybridized carbons (Fsp3) is 0.200. The summed E-state index contributed by atoms with van der Waals surface area (Å²) < 4.78 is 12.9. The molecular weight excluding hydrogens is 372 g/mol. The number of benzene rings is 1. The van der Waals surface area contributed by atoms with Crippen molar-refractivity contribution in [3.63, 3.8) is 0 Å². The molecule has 1 aliphatic rings. The molecule has 0 aliphatic carbocycles. The van der Waals surface area contributed by atoms with Gasteiger partial charge in [-0.05, 0) is 25.1 Å². The molecule has 148 valence electrons. The van der Waals surface area contributed by atoms with Crippen molar-refractivity contribution >= 4 is 17.5 Å². The molecule has 1 unspecified atom stereocenters. The molecule has 0 saturated carbocycles. The molecule has 1 amide bonds. The summed E-state index contributed by atoms with van der Waals surface area (Å²) in [6.07, 6.45) is 4.82. The van der Waals surface area contributed by atoms with Crippen LogP contribution >= 0.6 is 0 Å². The maximum atomic E-state index is 13.3. The SMILES string of the molecule is COc1cccc(C2C(C(=O)Nc3cccnc3)=C(C)Nc3nc[nH][n+]32)c1OC. The van der Waals surface area contributed by atoms with Crippen molar-refractivity contribution in [3.05, 3.63) is 65.9 Å². The quantitative estimate of drug-likeness (QED) is 0.573. The second-order valence-electron chi connectivity index (χ2n) is 6.43. The largest absolute Gasteiger partial charge is 0.493 e. The van der Waals surface area contributed by atoms with Gasteiger partial charge in [-0.3, -0.25) is 9.78 Å². The van der Waals surface area contributed by atoms with Crippen molar-refractivity contribution < 1.29 is 19.0 Å². The molecule has 1 aliphatic heterocycles. The fourth-order valence-electron chi connectivity index (χ4n) is 3.49. The zero-order valence-electron chi connectivity index (χ0n) is 16.3. The van der Waals surface area contributed by atoms with Crippen molar-refractivity contribution in [3.8, 4) is 11.5 Å². The van der Waals surface area contributed by atoms with E-state index in [1.807, 2.05) is 25.1 Å². The third kappa shape index (κ3) is 3.27. The van der Waals surface area contributed by atoms with Gasteiger partial charge in [0.05, 0.1) is 37.4 Å². The first-order chi connectivity index (χ1) is 14.1. The lowest BCUT2D eigenvalue weighted by Gasteiger charge is -2.25. The van der Waals surface area contributed by atoms with Crippen molar-refractivity contribution in [2.75, 3.05) is 24.9 Å². The smallest absolute Gasteiger partial charge is 0.416 e. The molecule has 2 aromatic heterocycles. The van der Waals surface area contributed by atoms with Crippen LogP contribution in [0.25, 0.3) is 0 Å². The number of rotatable bonds is 5. The van der Waals surface area contributed by atoms with Gasteiger partial charge < -0.3 is 14.8 Å². The van der Waals surface area contributed by atoms with Crippen LogP contribution in [-0.4, -0.2) is 35.2 Å². The van der Waals surface area contributed by atoms with Gasteiger partial charge >= 0.3 is 5.95 Å². The first-order valence-electron chi connectivity index (χ1n) is 8.99. The molecule has 3 aromatic rings. The number of fused-ring (bicyclic) bond motifs is 1. The monoisotopic (exact) mass is 393 g/mol. The van der Waals surface area contributed by atoms with Crippen molar-refractivity contribution in [1.82, 2.24) is 15.1 Å². The Kier molecular flexibility index (Phi) is 4.86. The van der Waals surface area contributed by atoms with Crippen LogP contribution in [0.5, 0.6) is 11.5 Å². The minimum Gasteiger partial charge on any atom is -0.493 e. The average molecular weight is 393 g/mol. The number of aromatic amines is 1. The van der Waals surface area contributed by atoms with Gasteiger partial charge in [-0.15, -0.1) is 4.68 Å². The first kappa shape index (κ1) is 18.5. The van der Waals surface area contributed by atoms with E-state index >= 15 is 0 Å². The second kappa shape index (κ2) is 7.63. The Morgan fingerprint density at radius 3 is 2.79 bits per heavy atom. The molecule has 1 aromatic carbocycles. The highest BCUT2D eigenvalue weighted by atomic mass is 16.5. The van der Waals surface area contributed by atoms with Gasteiger partial charge in [0.2, 0.25) is 0 Å². The lowest BCUT2D eigenvalue weighted by atomic mass is 9.94. The Morgan fingerprint density at radius 1 is 1.21 bits per heavy atom. The second-order valence-corrected chi connectivity index (χ2v) is 6.43. The Bertz CT molecular complexity index is 1080. The highest BCUT2D eigenvalue weighted by Crippen LogP contribution is 2.39. The lowest BCUT2D eigenvalue weighted by molar-refractivity contribution is -0.746. The molecule has 9 nitrogen and oxygen atoms in total. The molecule has 0 bridgehead atoms. The third-order valence-electron chi connectivity index (χ3n) is 4.74. The number of amides is 1. The molecule has 9 heteroatoms. The lowest BCUT2D eigenvalue weighted by Crippen LogP contribution is -2.50. The number of para-hydroxylation sites is 1. The molecule has 4 rings (SSSR count). The van der Waals surface area contributed by atoms with E-state index in [2.05, 4.69) is 25.7 Å². The van der Waals surface area contributed by atoms with Crippen molar-refractivity contribution in [2.24, 2.45) is 0 Å². The summed E-state index contributed by atoms with van der Waals surface area (Å²) in [7, 11) is 3.16. The number of hydrogen-bond donors (Lipinski definition) is 3. The van der Waals surface area contributed by atoms with Gasteiger partial charge in [0.25, 0.3) is 5.91 Å². The van der Waals surface area contributed by atoms with E-state index in [0.717, 1.165) is 5.56 Å². The van der Waals surface area contributed by atoms with Gasteiger partial charge in [0.1, 0.15) is 0 Å². The number of carbonyl (C=O) groups excluding carboxylic acids is 1. The summed E-state index contributed by atoms with van der Waals surface area (Å²) in [4.78, 5) is 21.7. The molecule has 29 heavy (non-hydrogen) atoms. The summed E-state index contributed by atoms with van der Waals surface area (Å²) >= 11 is 0. The minimum absolute atomic E-state index is 0.259. The first-order valence-corrected chi connectivity index (χ1v) is 8.99. The van der Waals surface area contributed by atoms with Crippen LogP contribution in [0.4, 0.5) is 11.6 Å². The molecule has 1 atom stereocenters. The van der Waals surface area contributed by atoms with Crippen LogP contribution in [0.15, 0.2) is 60.3 Å². The van der Waals surface area contributed by atoms with E-state index < -0.39 is 6.04 Å². The Morgan fingerprint density at radius 2 is 2.07 bits per heavy atom. The summed E-state index contributed by atoms with van der Waals surface area (Å²) in [6.45, 7) is 1.84. The summed E-state index contributed by atoms with van der Waals surface area (Å²) in [5, 5.41) is 9.17. The van der Waals surface area contributed by atoms with Gasteiger partial charge in [0.15, 0.2) is 23.9 Å². The molecule has 0 radical (unpaired) electrons. The molecule has 3 N–H and O–H groups in total. The van der Waals surface area contributed by atoms with E-state index in [1.165, 1.54) is 0 Å². The zero-order valence-corrected chi connectivity index (χ0v) is 16.3. The summed E-state index contributed by atoms with van der Waals surface area (Å²) in [5.41, 5.74) is 2.57. The number of anilines is 2. The highest BCUT2D eigenvalue weighted by molar-refractivity contribution is 6.05. The maximum Gasteiger partial charge on any atom is 0.416 e. The number of carbonyl (C=O) groups is 1. The number of methoxy groups -OCH3 is 2. The summed E-state index contributed by atoms with van der Waals surface area (Å²) in [6, 6.07) is 8.62. The maximum absolute atomic E-state index is 13.3. The number of hydrogen-bond acceptors (Lipinski definition) is 6. The standard InChI is InChI=1S/C20H20N6O3/c1-12-16(19(27)25-13-6-5-9-21-10-13)17(26-20(24-12)22-11-23-26)14-7-4-8-15(28-2)18(14)29-3/h4-11,17H,1-3H3,(H2,22,23,24,25,27)/p+1. The predicted molar refractivity (Wildman–Crippen MR) is 106 cm³/mol. The number of nitrogens with zero attached hydrogens (tertiary/aromatic N) is 3. The Balaban J connectivity index is 1.84. The number of pyridine rings is 1. The van der Waals surface area contributed by atoms with Crippen LogP contribution in [0.1, 0.15) is 18.5 Å². The number of allylic oxidation sites excluding steroid dienone is 1. The van der Waals surface area contributed by atoms with Gasteiger partial charge in [-0.2, -0.15) is 0 Å². The zero-order chi connectivity index (χ0) is 20.4. The van der Waals surface area contributed by atoms with Crippen molar-refractivity contribution in [1.29, 1.82) is 0 Å². The molecule has 0 fully saturated rings. The van der Waals surface area contributed by atoms with Crippen LogP contribution in [0, 0.1) is 0 Å². The topological polar surface area (TPSA) is 105 Å². The third-order valence-corrected chi connectivity index (χ3v) is 4.74. The van der Waals surface area contributed by atoms with E-state index in [1.54, 1.807) is 49.8 Å². The molecule has 0 saturated heterocycles. The minimum atomic E-state index is -0.504. The number of H-pyrrole nitrogens is 1. The van der Waals surface area contributed by atoms with Gasteiger partial charge in [-0.1, -0.05) is 17.1 Å². The molecular formula is C20H21N6O3+. The summed E-state index contributed by atoms with van der Waals surface area (Å²) in [5.74, 6) is 1.46. The number of ether oxygens (including phenoxy) is 2. The normalized spacial score (nSPS) is 15.3. The van der Waals surface area contributed by atoms with Gasteiger partial charge in [0, 0.05) is 11.8 Å². The highest BCUT2D eigenvalue weighted by Gasteiger charge is 2.40. The van der Waals surface area contributed by atoms with Gasteiger partial charge in [-0.25, -0.2) is 10.4 Å². The number of aromatic nitrogens is 4. The molecule has 0 spiro atoms. The van der Waals surface area contributed by atoms with E-state index in [-0.39, 0.29) is 5.91 Å². The average Bonchev–Trinajstić information content (AvgIpc) is 3.20. The Hall–Kier alpha value is -3.88. The fourth-order valence-corrected chi connectivity index (χ4v) is 3.49. The predicted octanol–water partition coefficient (Wildman–Crippen LogP) is 2.04. The van der Waals surface area contributed by atoms with E-state index in [4.69, 9.17) is 9.47 Å². The van der Waals surface area contributed by atoms with Crippen molar-refractivity contribution in [2.45, 2.75) is 13.0 Å². The van der Waals surface area contributed by atoms with E-state index in [0.29, 0.717) is 34.4 Å².